The molecule has 1 atom stereocenters. The van der Waals surface area contributed by atoms with Gasteiger partial charge in [-0.05, 0) is 18.4 Å². The summed E-state index contributed by atoms with van der Waals surface area (Å²) in [5, 5.41) is 19.9. The number of nitrogens with zero attached hydrogens (tertiary/aromatic N) is 1. The second-order valence-electron chi connectivity index (χ2n) is 3.91. The average molecular weight is 249 g/mol. The zero-order valence-corrected chi connectivity index (χ0v) is 10.0. The summed E-state index contributed by atoms with van der Waals surface area (Å²) in [6.45, 7) is 1.79. The number of hydrogen-bond donors (Lipinski definition) is 2. The number of ketones is 1. The summed E-state index contributed by atoms with van der Waals surface area (Å²) in [6.07, 6.45) is 0.919. The van der Waals surface area contributed by atoms with E-state index in [9.17, 15) is 9.59 Å². The predicted octanol–water partition coefficient (Wildman–Crippen LogP) is 1.74. The Morgan fingerprint density at radius 2 is 1.89 bits per heavy atom. The molecule has 1 aromatic carbocycles. The van der Waals surface area contributed by atoms with Gasteiger partial charge in [0.25, 0.3) is 0 Å². The molecule has 0 fully saturated rings. The summed E-state index contributed by atoms with van der Waals surface area (Å²) in [5.74, 6) is -2.64. The first-order valence-corrected chi connectivity index (χ1v) is 5.63. The number of carboxylic acids is 1. The van der Waals surface area contributed by atoms with Crippen LogP contribution in [-0.4, -0.2) is 27.8 Å². The van der Waals surface area contributed by atoms with Crippen molar-refractivity contribution in [1.82, 2.24) is 0 Å². The number of aliphatic carboxylic acids is 1. The van der Waals surface area contributed by atoms with Crippen molar-refractivity contribution in [3.63, 3.8) is 0 Å². The Bertz CT molecular complexity index is 453. The van der Waals surface area contributed by atoms with Crippen LogP contribution in [-0.2, 0) is 16.0 Å². The minimum absolute atomic E-state index is 0.433. The van der Waals surface area contributed by atoms with Gasteiger partial charge in [-0.15, -0.1) is 0 Å². The Hall–Kier alpha value is -2.17. The van der Waals surface area contributed by atoms with Crippen molar-refractivity contribution in [2.24, 2.45) is 11.1 Å². The molecular weight excluding hydrogens is 234 g/mol. The summed E-state index contributed by atoms with van der Waals surface area (Å²) in [5.41, 5.74) is 0.137. The topological polar surface area (TPSA) is 87.0 Å². The van der Waals surface area contributed by atoms with Gasteiger partial charge in [-0.25, -0.2) is 4.79 Å². The molecule has 0 aliphatic carbocycles. The van der Waals surface area contributed by atoms with E-state index < -0.39 is 23.4 Å². The number of carboxylic acid groups (broad SMARTS) is 1. The molecule has 96 valence electrons. The summed E-state index contributed by atoms with van der Waals surface area (Å²) in [4.78, 5) is 22.6. The molecular formula is C13H15NO4. The van der Waals surface area contributed by atoms with Crippen LogP contribution in [0.4, 0.5) is 0 Å². The fourth-order valence-electron chi connectivity index (χ4n) is 1.71. The summed E-state index contributed by atoms with van der Waals surface area (Å²) in [7, 11) is 0. The van der Waals surface area contributed by atoms with Crippen LogP contribution >= 0.6 is 0 Å². The molecule has 1 aromatic rings. The maximum atomic E-state index is 11.9. The maximum Gasteiger partial charge on any atom is 0.361 e. The fourth-order valence-corrected chi connectivity index (χ4v) is 1.71. The van der Waals surface area contributed by atoms with E-state index in [0.717, 1.165) is 5.56 Å². The summed E-state index contributed by atoms with van der Waals surface area (Å²) < 4.78 is 0. The normalized spacial score (nSPS) is 13.1. The molecule has 0 heterocycles. The van der Waals surface area contributed by atoms with E-state index in [4.69, 9.17) is 10.3 Å². The second kappa shape index (κ2) is 6.54. The number of Topliss-reactive ketones (excluding diaryl/α,β-unsaturated/α-hetero) is 1. The average Bonchev–Trinajstić information content (AvgIpc) is 2.37. The van der Waals surface area contributed by atoms with Crippen LogP contribution in [0, 0.1) is 5.92 Å². The standard InChI is InChI=1S/C13H15NO4/c1-2-10(8-9-6-4-3-5-7-9)12(15)11(14-18)13(16)17/h3-7,10,18H,2,8H2,1H3,(H,16,17). The van der Waals surface area contributed by atoms with Crippen molar-refractivity contribution in [3.8, 4) is 0 Å². The predicted molar refractivity (Wildman–Crippen MR) is 65.8 cm³/mol. The van der Waals surface area contributed by atoms with Gasteiger partial charge in [-0.1, -0.05) is 42.4 Å². The summed E-state index contributed by atoms with van der Waals surface area (Å²) >= 11 is 0. The lowest BCUT2D eigenvalue weighted by molar-refractivity contribution is -0.130. The van der Waals surface area contributed by atoms with Crippen LogP contribution in [0.15, 0.2) is 35.5 Å². The highest BCUT2D eigenvalue weighted by Crippen LogP contribution is 2.14. The van der Waals surface area contributed by atoms with Crippen molar-refractivity contribution in [2.75, 3.05) is 0 Å². The molecule has 1 rings (SSSR count). The van der Waals surface area contributed by atoms with Crippen LogP contribution in [0.1, 0.15) is 18.9 Å². The molecule has 0 aliphatic rings. The number of hydrogen-bond acceptors (Lipinski definition) is 4. The molecule has 2 N–H and O–H groups in total. The van der Waals surface area contributed by atoms with Crippen molar-refractivity contribution in [2.45, 2.75) is 19.8 Å². The third kappa shape index (κ3) is 3.41. The van der Waals surface area contributed by atoms with E-state index >= 15 is 0 Å². The molecule has 5 heteroatoms. The van der Waals surface area contributed by atoms with Crippen molar-refractivity contribution in [3.05, 3.63) is 35.9 Å². The van der Waals surface area contributed by atoms with Gasteiger partial charge in [0.05, 0.1) is 0 Å². The van der Waals surface area contributed by atoms with Gasteiger partial charge in [-0.2, -0.15) is 0 Å². The molecule has 0 saturated carbocycles. The van der Waals surface area contributed by atoms with Gasteiger partial charge in [0.2, 0.25) is 5.71 Å². The van der Waals surface area contributed by atoms with Gasteiger partial charge in [-0.3, -0.25) is 4.79 Å². The Morgan fingerprint density at radius 3 is 2.33 bits per heavy atom. The molecule has 0 aliphatic heterocycles. The third-order valence-electron chi connectivity index (χ3n) is 2.72. The van der Waals surface area contributed by atoms with Crippen LogP contribution < -0.4 is 0 Å². The van der Waals surface area contributed by atoms with E-state index in [0.29, 0.717) is 12.8 Å². The highest BCUT2D eigenvalue weighted by Gasteiger charge is 2.27. The van der Waals surface area contributed by atoms with E-state index in [-0.39, 0.29) is 0 Å². The number of rotatable bonds is 6. The Balaban J connectivity index is 2.84. The highest BCUT2D eigenvalue weighted by molar-refractivity contribution is 6.64. The second-order valence-corrected chi connectivity index (χ2v) is 3.91. The number of oxime groups is 1. The van der Waals surface area contributed by atoms with E-state index in [1.165, 1.54) is 0 Å². The Labute approximate surface area is 105 Å². The lowest BCUT2D eigenvalue weighted by Crippen LogP contribution is -2.31. The van der Waals surface area contributed by atoms with Crippen LogP contribution in [0.5, 0.6) is 0 Å². The van der Waals surface area contributed by atoms with Gasteiger partial charge >= 0.3 is 5.97 Å². The summed E-state index contributed by atoms with van der Waals surface area (Å²) in [6, 6.07) is 9.30. The first-order chi connectivity index (χ1) is 8.60. The smallest absolute Gasteiger partial charge is 0.361 e. The van der Waals surface area contributed by atoms with Crippen molar-refractivity contribution in [1.29, 1.82) is 0 Å². The molecule has 1 unspecified atom stereocenters. The number of benzene rings is 1. The van der Waals surface area contributed by atoms with Crippen LogP contribution in [0.2, 0.25) is 0 Å². The van der Waals surface area contributed by atoms with E-state index in [1.807, 2.05) is 30.3 Å². The molecule has 0 aromatic heterocycles. The minimum atomic E-state index is -1.51. The lowest BCUT2D eigenvalue weighted by atomic mass is 9.90. The molecule has 0 spiro atoms. The van der Waals surface area contributed by atoms with E-state index in [2.05, 4.69) is 5.16 Å². The molecule has 0 amide bonds. The van der Waals surface area contributed by atoms with Crippen LogP contribution in [0.3, 0.4) is 0 Å². The lowest BCUT2D eigenvalue weighted by Gasteiger charge is -2.12. The monoisotopic (exact) mass is 249 g/mol. The zero-order chi connectivity index (χ0) is 13.5. The molecule has 0 saturated heterocycles. The quantitative estimate of drug-likeness (QED) is 0.348. The van der Waals surface area contributed by atoms with Gasteiger partial charge < -0.3 is 10.3 Å². The highest BCUT2D eigenvalue weighted by atomic mass is 16.4. The third-order valence-corrected chi connectivity index (χ3v) is 2.72. The fraction of sp³-hybridized carbons (Fsp3) is 0.308. The van der Waals surface area contributed by atoms with Gasteiger partial charge in [0.15, 0.2) is 5.78 Å². The van der Waals surface area contributed by atoms with Gasteiger partial charge in [0.1, 0.15) is 0 Å². The number of carbonyl (C=O) groups excluding carboxylic acids is 1. The SMILES string of the molecule is CCC(Cc1ccccc1)C(=O)C(=NO)C(=O)O. The molecule has 0 bridgehead atoms. The molecule has 0 radical (unpaired) electrons. The minimum Gasteiger partial charge on any atom is -0.476 e. The van der Waals surface area contributed by atoms with Gasteiger partial charge in [0, 0.05) is 5.92 Å². The van der Waals surface area contributed by atoms with Crippen molar-refractivity contribution >= 4 is 17.5 Å². The van der Waals surface area contributed by atoms with Crippen LogP contribution in [0.25, 0.3) is 0 Å². The van der Waals surface area contributed by atoms with Crippen molar-refractivity contribution < 1.29 is 19.9 Å². The maximum absolute atomic E-state index is 11.9. The first kappa shape index (κ1) is 13.9. The molecule has 18 heavy (non-hydrogen) atoms. The first-order valence-electron chi connectivity index (χ1n) is 5.63. The molecule has 5 nitrogen and oxygen atoms in total. The number of carbonyl (C=O) groups is 2. The Kier molecular flexibility index (Phi) is 5.05. The Morgan fingerprint density at radius 1 is 1.28 bits per heavy atom. The van der Waals surface area contributed by atoms with E-state index in [1.54, 1.807) is 6.92 Å². The largest absolute Gasteiger partial charge is 0.476 e. The zero-order valence-electron chi connectivity index (χ0n) is 10.0.